The summed E-state index contributed by atoms with van der Waals surface area (Å²) < 4.78 is 39.7. The van der Waals surface area contributed by atoms with Gasteiger partial charge in [-0.3, -0.25) is 4.79 Å². The summed E-state index contributed by atoms with van der Waals surface area (Å²) in [7, 11) is 1.28. The molecule has 0 aromatic carbocycles. The molecule has 0 aliphatic rings. The van der Waals surface area contributed by atoms with Crippen LogP contribution >= 0.6 is 0 Å². The molecule has 0 aliphatic heterocycles. The van der Waals surface area contributed by atoms with Crippen LogP contribution in [0.4, 0.5) is 13.2 Å². The van der Waals surface area contributed by atoms with E-state index in [0.717, 1.165) is 0 Å². The van der Waals surface area contributed by atoms with E-state index in [0.29, 0.717) is 6.26 Å². The minimum Gasteiger partial charge on any atom is -0.441 e. The van der Waals surface area contributed by atoms with Crippen LogP contribution in [0.15, 0.2) is 10.7 Å². The highest BCUT2D eigenvalue weighted by molar-refractivity contribution is 5.91. The number of rotatable bonds is 1. The third kappa shape index (κ3) is 1.98. The Kier molecular flexibility index (Phi) is 2.26. The Morgan fingerprint density at radius 3 is 2.62 bits per heavy atom. The molecule has 1 N–H and O–H groups in total. The van der Waals surface area contributed by atoms with Crippen LogP contribution in [0.3, 0.4) is 0 Å². The number of nitrogens with one attached hydrogen (secondary N) is 1. The highest BCUT2D eigenvalue weighted by Crippen LogP contribution is 2.27. The van der Waals surface area contributed by atoms with Crippen molar-refractivity contribution in [2.75, 3.05) is 7.05 Å². The first kappa shape index (κ1) is 9.56. The van der Waals surface area contributed by atoms with Crippen LogP contribution < -0.4 is 5.32 Å². The number of aromatic nitrogens is 1. The fraction of sp³-hybridized carbons (Fsp3) is 0.333. The number of alkyl halides is 3. The summed E-state index contributed by atoms with van der Waals surface area (Å²) in [6.45, 7) is 0. The van der Waals surface area contributed by atoms with E-state index in [9.17, 15) is 18.0 Å². The molecule has 0 saturated carbocycles. The summed E-state index contributed by atoms with van der Waals surface area (Å²) >= 11 is 0. The first-order chi connectivity index (χ1) is 5.95. The van der Waals surface area contributed by atoms with E-state index < -0.39 is 23.7 Å². The summed E-state index contributed by atoms with van der Waals surface area (Å²) in [5, 5.41) is 2.12. The van der Waals surface area contributed by atoms with Crippen molar-refractivity contribution < 1.29 is 22.4 Å². The monoisotopic (exact) mass is 194 g/mol. The molecule has 0 spiro atoms. The van der Waals surface area contributed by atoms with Crippen molar-refractivity contribution in [2.45, 2.75) is 6.18 Å². The molecule has 1 aromatic rings. The Morgan fingerprint density at radius 2 is 2.23 bits per heavy atom. The average molecular weight is 194 g/mol. The van der Waals surface area contributed by atoms with E-state index in [1.165, 1.54) is 7.05 Å². The maximum Gasteiger partial charge on any atom is 0.468 e. The van der Waals surface area contributed by atoms with E-state index in [4.69, 9.17) is 0 Å². The zero-order chi connectivity index (χ0) is 10.1. The van der Waals surface area contributed by atoms with Crippen molar-refractivity contribution in [2.24, 2.45) is 0 Å². The lowest BCUT2D eigenvalue weighted by atomic mass is 10.4. The van der Waals surface area contributed by atoms with Gasteiger partial charge in [-0.15, -0.1) is 0 Å². The molecule has 1 rings (SSSR count). The quantitative estimate of drug-likeness (QED) is 0.726. The van der Waals surface area contributed by atoms with Gasteiger partial charge in [0.05, 0.1) is 0 Å². The molecule has 1 heterocycles. The van der Waals surface area contributed by atoms with Gasteiger partial charge in [0.15, 0.2) is 5.69 Å². The van der Waals surface area contributed by atoms with Gasteiger partial charge in [-0.2, -0.15) is 13.2 Å². The van der Waals surface area contributed by atoms with E-state index in [2.05, 4.69) is 14.7 Å². The van der Waals surface area contributed by atoms with Crippen LogP contribution in [-0.4, -0.2) is 17.9 Å². The third-order valence-corrected chi connectivity index (χ3v) is 1.21. The second kappa shape index (κ2) is 3.08. The maximum absolute atomic E-state index is 11.9. The molecule has 13 heavy (non-hydrogen) atoms. The van der Waals surface area contributed by atoms with Crippen molar-refractivity contribution >= 4 is 5.91 Å². The number of hydrogen-bond donors (Lipinski definition) is 1. The number of oxazole rings is 1. The number of carbonyl (C=O) groups is 1. The molecule has 0 radical (unpaired) electrons. The summed E-state index contributed by atoms with van der Waals surface area (Å²) in [6, 6.07) is 0. The van der Waals surface area contributed by atoms with Gasteiger partial charge in [0.1, 0.15) is 6.26 Å². The third-order valence-electron chi connectivity index (χ3n) is 1.21. The van der Waals surface area contributed by atoms with Gasteiger partial charge in [0.25, 0.3) is 5.91 Å². The Hall–Kier alpha value is -1.53. The van der Waals surface area contributed by atoms with Crippen molar-refractivity contribution in [3.05, 3.63) is 17.8 Å². The molecule has 7 heteroatoms. The molecular formula is C6H5F3N2O2. The fourth-order valence-electron chi connectivity index (χ4n) is 0.636. The summed E-state index contributed by atoms with van der Waals surface area (Å²) in [4.78, 5) is 13.7. The van der Waals surface area contributed by atoms with Crippen LogP contribution in [0.1, 0.15) is 16.4 Å². The lowest BCUT2D eigenvalue weighted by molar-refractivity contribution is -0.157. The molecule has 0 fully saturated rings. The van der Waals surface area contributed by atoms with Crippen molar-refractivity contribution in [3.8, 4) is 0 Å². The van der Waals surface area contributed by atoms with Crippen LogP contribution in [0, 0.1) is 0 Å². The summed E-state index contributed by atoms with van der Waals surface area (Å²) in [5.74, 6) is -2.15. The predicted molar refractivity (Wildman–Crippen MR) is 34.9 cm³/mol. The van der Waals surface area contributed by atoms with Gasteiger partial charge in [-0.25, -0.2) is 4.98 Å². The number of amides is 1. The Bertz CT molecular complexity index is 318. The molecule has 0 aliphatic carbocycles. The fourth-order valence-corrected chi connectivity index (χ4v) is 0.636. The van der Waals surface area contributed by atoms with E-state index in [1.54, 1.807) is 0 Å². The van der Waals surface area contributed by atoms with Gasteiger partial charge in [0, 0.05) is 7.05 Å². The van der Waals surface area contributed by atoms with Crippen LogP contribution in [0.2, 0.25) is 0 Å². The molecular weight excluding hydrogens is 189 g/mol. The number of carbonyl (C=O) groups excluding carboxylic acids is 1. The highest BCUT2D eigenvalue weighted by Gasteiger charge is 2.37. The zero-order valence-corrected chi connectivity index (χ0v) is 6.47. The van der Waals surface area contributed by atoms with Gasteiger partial charge in [-0.1, -0.05) is 0 Å². The normalized spacial score (nSPS) is 11.4. The first-order valence-electron chi connectivity index (χ1n) is 3.20. The van der Waals surface area contributed by atoms with Gasteiger partial charge in [0.2, 0.25) is 0 Å². The molecule has 0 atom stereocenters. The Balaban J connectivity index is 2.93. The van der Waals surface area contributed by atoms with E-state index in [-0.39, 0.29) is 0 Å². The predicted octanol–water partition coefficient (Wildman–Crippen LogP) is 1.05. The molecule has 4 nitrogen and oxygen atoms in total. The minimum absolute atomic E-state index is 0.394. The molecule has 1 aromatic heterocycles. The number of hydrogen-bond acceptors (Lipinski definition) is 3. The van der Waals surface area contributed by atoms with Gasteiger partial charge >= 0.3 is 12.1 Å². The minimum atomic E-state index is -4.66. The van der Waals surface area contributed by atoms with Crippen molar-refractivity contribution in [1.82, 2.24) is 10.3 Å². The maximum atomic E-state index is 11.9. The zero-order valence-electron chi connectivity index (χ0n) is 6.47. The summed E-state index contributed by atoms with van der Waals surface area (Å²) in [5.41, 5.74) is -0.394. The molecule has 72 valence electrons. The van der Waals surface area contributed by atoms with Crippen molar-refractivity contribution in [3.63, 3.8) is 0 Å². The second-order valence-corrected chi connectivity index (χ2v) is 2.11. The average Bonchev–Trinajstić information content (AvgIpc) is 2.50. The topological polar surface area (TPSA) is 55.1 Å². The largest absolute Gasteiger partial charge is 0.468 e. The van der Waals surface area contributed by atoms with E-state index in [1.807, 2.05) is 0 Å². The van der Waals surface area contributed by atoms with Crippen LogP contribution in [0.5, 0.6) is 0 Å². The van der Waals surface area contributed by atoms with E-state index >= 15 is 0 Å². The highest BCUT2D eigenvalue weighted by atomic mass is 19.4. The Morgan fingerprint density at radius 1 is 1.62 bits per heavy atom. The van der Waals surface area contributed by atoms with Crippen molar-refractivity contribution in [1.29, 1.82) is 0 Å². The molecule has 1 amide bonds. The molecule has 0 saturated heterocycles. The smallest absolute Gasteiger partial charge is 0.441 e. The van der Waals surface area contributed by atoms with Gasteiger partial charge in [-0.05, 0) is 0 Å². The van der Waals surface area contributed by atoms with Crippen LogP contribution in [0.25, 0.3) is 0 Å². The van der Waals surface area contributed by atoms with Gasteiger partial charge < -0.3 is 9.73 Å². The standard InChI is InChI=1S/C6H5F3N2O2/c1-10-4(12)3-2-13-5(11-3)6(7,8)9/h2H,1H3,(H,10,12). The molecule has 0 bridgehead atoms. The molecule has 0 unspecified atom stereocenters. The first-order valence-corrected chi connectivity index (χ1v) is 3.20. The number of halogens is 3. The Labute approximate surface area is 70.7 Å². The lowest BCUT2D eigenvalue weighted by Crippen LogP contribution is -2.18. The van der Waals surface area contributed by atoms with Crippen LogP contribution in [-0.2, 0) is 6.18 Å². The summed E-state index contributed by atoms with van der Waals surface area (Å²) in [6.07, 6.45) is -4.01. The SMILES string of the molecule is CNC(=O)c1coc(C(F)(F)F)n1. The second-order valence-electron chi connectivity index (χ2n) is 2.11. The number of nitrogens with zero attached hydrogens (tertiary/aromatic N) is 1. The lowest BCUT2D eigenvalue weighted by Gasteiger charge is -1.97.